The molecular formula is C16H24ClNO3. The minimum atomic E-state index is -0.473. The monoisotopic (exact) mass is 313 g/mol. The highest BCUT2D eigenvalue weighted by molar-refractivity contribution is 6.30. The van der Waals surface area contributed by atoms with Gasteiger partial charge in [0.25, 0.3) is 0 Å². The minimum Gasteiger partial charge on any atom is -0.491 e. The van der Waals surface area contributed by atoms with E-state index in [0.717, 1.165) is 38.3 Å². The molecule has 21 heavy (non-hydrogen) atoms. The van der Waals surface area contributed by atoms with E-state index in [0.29, 0.717) is 24.1 Å². The number of benzene rings is 1. The van der Waals surface area contributed by atoms with Gasteiger partial charge in [-0.2, -0.15) is 0 Å². The fourth-order valence-electron chi connectivity index (χ4n) is 2.65. The average molecular weight is 314 g/mol. The first-order valence-electron chi connectivity index (χ1n) is 7.45. The van der Waals surface area contributed by atoms with Gasteiger partial charge in [-0.1, -0.05) is 11.6 Å². The number of rotatable bonds is 7. The maximum Gasteiger partial charge on any atom is 0.119 e. The molecular weight excluding hydrogens is 290 g/mol. The molecule has 118 valence electrons. The number of likely N-dealkylation sites (tertiary alicyclic amines) is 1. The van der Waals surface area contributed by atoms with Crippen molar-refractivity contribution in [2.45, 2.75) is 18.9 Å². The molecule has 0 radical (unpaired) electrons. The molecule has 1 heterocycles. The smallest absolute Gasteiger partial charge is 0.119 e. The predicted octanol–water partition coefficient (Wildman–Crippen LogP) is 2.44. The lowest BCUT2D eigenvalue weighted by Crippen LogP contribution is -2.41. The lowest BCUT2D eigenvalue weighted by molar-refractivity contribution is 0.0440. The second kappa shape index (κ2) is 8.59. The zero-order valence-corrected chi connectivity index (χ0v) is 13.3. The first kappa shape index (κ1) is 16.6. The van der Waals surface area contributed by atoms with Gasteiger partial charge >= 0.3 is 0 Å². The van der Waals surface area contributed by atoms with Crippen molar-refractivity contribution in [2.24, 2.45) is 5.92 Å². The Balaban J connectivity index is 1.65. The standard InChI is InChI=1S/C16H24ClNO3/c1-20-11-13-6-8-18(9-7-13)10-15(19)12-21-16-4-2-14(17)3-5-16/h2-5,13,15,19H,6-12H2,1H3. The molecule has 0 spiro atoms. The highest BCUT2D eigenvalue weighted by Gasteiger charge is 2.21. The summed E-state index contributed by atoms with van der Waals surface area (Å²) >= 11 is 5.82. The highest BCUT2D eigenvalue weighted by atomic mass is 35.5. The van der Waals surface area contributed by atoms with Crippen LogP contribution < -0.4 is 4.74 Å². The molecule has 0 bridgehead atoms. The number of hydrogen-bond donors (Lipinski definition) is 1. The fraction of sp³-hybridized carbons (Fsp3) is 0.625. The molecule has 1 saturated heterocycles. The summed E-state index contributed by atoms with van der Waals surface area (Å²) in [6.07, 6.45) is 1.80. The van der Waals surface area contributed by atoms with Gasteiger partial charge in [-0.15, -0.1) is 0 Å². The predicted molar refractivity (Wildman–Crippen MR) is 84.0 cm³/mol. The molecule has 1 aromatic rings. The van der Waals surface area contributed by atoms with E-state index < -0.39 is 6.10 Å². The third-order valence-corrected chi connectivity index (χ3v) is 4.09. The van der Waals surface area contributed by atoms with Crippen molar-refractivity contribution >= 4 is 11.6 Å². The van der Waals surface area contributed by atoms with Crippen LogP contribution in [0.1, 0.15) is 12.8 Å². The second-order valence-electron chi connectivity index (χ2n) is 5.62. The Morgan fingerprint density at radius 2 is 1.95 bits per heavy atom. The Hall–Kier alpha value is -0.810. The van der Waals surface area contributed by atoms with Gasteiger partial charge in [0.2, 0.25) is 0 Å². The van der Waals surface area contributed by atoms with Gasteiger partial charge < -0.3 is 19.5 Å². The lowest BCUT2D eigenvalue weighted by Gasteiger charge is -2.32. The van der Waals surface area contributed by atoms with E-state index in [-0.39, 0.29) is 0 Å². The fourth-order valence-corrected chi connectivity index (χ4v) is 2.77. The van der Waals surface area contributed by atoms with Gasteiger partial charge in [0.15, 0.2) is 0 Å². The third-order valence-electron chi connectivity index (χ3n) is 3.83. The molecule has 1 aliphatic rings. The van der Waals surface area contributed by atoms with Crippen LogP contribution in [-0.4, -0.2) is 56.1 Å². The maximum atomic E-state index is 10.1. The summed E-state index contributed by atoms with van der Waals surface area (Å²) in [5.74, 6) is 1.39. The summed E-state index contributed by atoms with van der Waals surface area (Å²) in [6, 6.07) is 7.18. The van der Waals surface area contributed by atoms with Crippen LogP contribution in [0.5, 0.6) is 5.75 Å². The number of ether oxygens (including phenoxy) is 2. The van der Waals surface area contributed by atoms with Crippen LogP contribution >= 0.6 is 11.6 Å². The maximum absolute atomic E-state index is 10.1. The summed E-state index contributed by atoms with van der Waals surface area (Å²) in [5.41, 5.74) is 0. The summed E-state index contributed by atoms with van der Waals surface area (Å²) in [5, 5.41) is 10.8. The topological polar surface area (TPSA) is 41.9 Å². The number of methoxy groups -OCH3 is 1. The normalized spacial score (nSPS) is 18.6. The number of nitrogens with zero attached hydrogens (tertiary/aromatic N) is 1. The molecule has 0 aromatic heterocycles. The number of aliphatic hydroxyl groups is 1. The second-order valence-corrected chi connectivity index (χ2v) is 6.05. The van der Waals surface area contributed by atoms with Crippen LogP contribution in [0.3, 0.4) is 0 Å². The molecule has 5 heteroatoms. The lowest BCUT2D eigenvalue weighted by atomic mass is 9.97. The molecule has 1 atom stereocenters. The summed E-state index contributed by atoms with van der Waals surface area (Å²) in [7, 11) is 1.75. The van der Waals surface area contributed by atoms with Crippen molar-refractivity contribution in [3.05, 3.63) is 29.3 Å². The molecule has 0 amide bonds. The van der Waals surface area contributed by atoms with Crippen LogP contribution in [0.25, 0.3) is 0 Å². The van der Waals surface area contributed by atoms with Gasteiger partial charge in [0.1, 0.15) is 18.5 Å². The summed E-state index contributed by atoms with van der Waals surface area (Å²) in [4.78, 5) is 2.29. The van der Waals surface area contributed by atoms with Crippen LogP contribution in [0.4, 0.5) is 0 Å². The van der Waals surface area contributed by atoms with Crippen molar-refractivity contribution < 1.29 is 14.6 Å². The number of piperidine rings is 1. The molecule has 1 fully saturated rings. The summed E-state index contributed by atoms with van der Waals surface area (Å²) in [6.45, 7) is 3.85. The van der Waals surface area contributed by atoms with Crippen LogP contribution in [0, 0.1) is 5.92 Å². The Kier molecular flexibility index (Phi) is 6.77. The Morgan fingerprint density at radius 1 is 1.29 bits per heavy atom. The molecule has 2 rings (SSSR count). The number of halogens is 1. The zero-order valence-electron chi connectivity index (χ0n) is 12.5. The largest absolute Gasteiger partial charge is 0.491 e. The number of aliphatic hydroxyl groups excluding tert-OH is 1. The van der Waals surface area contributed by atoms with Gasteiger partial charge in [0, 0.05) is 25.3 Å². The highest BCUT2D eigenvalue weighted by Crippen LogP contribution is 2.18. The van der Waals surface area contributed by atoms with Crippen LogP contribution in [0.15, 0.2) is 24.3 Å². The molecule has 1 N–H and O–H groups in total. The van der Waals surface area contributed by atoms with Crippen molar-refractivity contribution in [1.82, 2.24) is 4.90 Å². The van der Waals surface area contributed by atoms with Crippen LogP contribution in [-0.2, 0) is 4.74 Å². The van der Waals surface area contributed by atoms with E-state index in [4.69, 9.17) is 21.1 Å². The summed E-state index contributed by atoms with van der Waals surface area (Å²) < 4.78 is 10.8. The van der Waals surface area contributed by atoms with E-state index in [1.807, 2.05) is 12.1 Å². The molecule has 0 saturated carbocycles. The van der Waals surface area contributed by atoms with E-state index in [1.165, 1.54) is 0 Å². The third kappa shape index (κ3) is 5.83. The Bertz CT molecular complexity index is 404. The van der Waals surface area contributed by atoms with Crippen molar-refractivity contribution in [3.63, 3.8) is 0 Å². The molecule has 1 unspecified atom stereocenters. The van der Waals surface area contributed by atoms with E-state index in [9.17, 15) is 5.11 Å². The van der Waals surface area contributed by atoms with E-state index in [1.54, 1.807) is 19.2 Å². The number of β-amino-alcohol motifs (C(OH)–C–C–N with tert-alkyl or cyclic N) is 1. The van der Waals surface area contributed by atoms with Crippen molar-refractivity contribution in [1.29, 1.82) is 0 Å². The Labute approximate surface area is 131 Å². The van der Waals surface area contributed by atoms with Gasteiger partial charge in [-0.05, 0) is 56.1 Å². The quantitative estimate of drug-likeness (QED) is 0.839. The van der Waals surface area contributed by atoms with Crippen molar-refractivity contribution in [2.75, 3.05) is 40.0 Å². The SMILES string of the molecule is COCC1CCN(CC(O)COc2ccc(Cl)cc2)CC1. The molecule has 1 aliphatic heterocycles. The average Bonchev–Trinajstić information content (AvgIpc) is 2.49. The van der Waals surface area contributed by atoms with Crippen LogP contribution in [0.2, 0.25) is 5.02 Å². The molecule has 1 aromatic carbocycles. The minimum absolute atomic E-state index is 0.305. The molecule has 0 aliphatic carbocycles. The molecule has 4 nitrogen and oxygen atoms in total. The van der Waals surface area contributed by atoms with Gasteiger partial charge in [-0.3, -0.25) is 0 Å². The van der Waals surface area contributed by atoms with Gasteiger partial charge in [-0.25, -0.2) is 0 Å². The zero-order chi connectivity index (χ0) is 15.1. The first-order chi connectivity index (χ1) is 10.2. The van der Waals surface area contributed by atoms with Crippen molar-refractivity contribution in [3.8, 4) is 5.75 Å². The van der Waals surface area contributed by atoms with E-state index >= 15 is 0 Å². The van der Waals surface area contributed by atoms with Gasteiger partial charge in [0.05, 0.1) is 0 Å². The Morgan fingerprint density at radius 3 is 2.57 bits per heavy atom. The first-order valence-corrected chi connectivity index (χ1v) is 7.83. The number of hydrogen-bond acceptors (Lipinski definition) is 4. The van der Waals surface area contributed by atoms with E-state index in [2.05, 4.69) is 4.90 Å².